The van der Waals surface area contributed by atoms with Gasteiger partial charge in [-0.2, -0.15) is 17.5 Å². The second-order valence-corrected chi connectivity index (χ2v) is 8.58. The van der Waals surface area contributed by atoms with Crippen LogP contribution in [0.25, 0.3) is 0 Å². The van der Waals surface area contributed by atoms with Crippen LogP contribution in [0.1, 0.15) is 12.0 Å². The maximum atomic E-state index is 12.7. The molecule has 0 spiro atoms. The van der Waals surface area contributed by atoms with Crippen molar-refractivity contribution >= 4 is 26.0 Å². The van der Waals surface area contributed by atoms with Crippen LogP contribution < -0.4 is 4.74 Å². The van der Waals surface area contributed by atoms with Crippen molar-refractivity contribution in [3.8, 4) is 5.88 Å². The average Bonchev–Trinajstić information content (AvgIpc) is 3.04. The van der Waals surface area contributed by atoms with Crippen LogP contribution in [0.5, 0.6) is 5.88 Å². The number of hydrogen-bond acceptors (Lipinski definition) is 4. The highest BCUT2D eigenvalue weighted by molar-refractivity contribution is 9.10. The molecule has 0 bridgehead atoms. The number of benzene rings is 1. The Morgan fingerprint density at radius 2 is 1.88 bits per heavy atom. The molecule has 26 heavy (non-hydrogen) atoms. The third kappa shape index (κ3) is 4.18. The summed E-state index contributed by atoms with van der Waals surface area (Å²) in [7, 11) is -3.68. The van der Waals surface area contributed by atoms with E-state index < -0.39 is 27.9 Å². The summed E-state index contributed by atoms with van der Waals surface area (Å²) in [6, 6.07) is 7.90. The Hall–Kier alpha value is -1.65. The number of sulfonamides is 1. The molecule has 0 saturated carbocycles. The SMILES string of the molecule is O=S(=O)(c1ccc(Br)cc1)N1CCC(Oc2cc(C(F)(F)F)ccn2)C1. The molecule has 1 aliphatic heterocycles. The zero-order valence-electron chi connectivity index (χ0n) is 13.3. The monoisotopic (exact) mass is 450 g/mol. The second kappa shape index (κ2) is 7.16. The summed E-state index contributed by atoms with van der Waals surface area (Å²) >= 11 is 3.25. The van der Waals surface area contributed by atoms with Crippen molar-refractivity contribution in [2.24, 2.45) is 0 Å². The van der Waals surface area contributed by atoms with Crippen molar-refractivity contribution in [2.75, 3.05) is 13.1 Å². The fourth-order valence-electron chi connectivity index (χ4n) is 2.59. The summed E-state index contributed by atoms with van der Waals surface area (Å²) in [6.07, 6.45) is -3.67. The predicted molar refractivity (Wildman–Crippen MR) is 91.2 cm³/mol. The molecule has 1 aliphatic rings. The van der Waals surface area contributed by atoms with Gasteiger partial charge in [-0.3, -0.25) is 0 Å². The average molecular weight is 451 g/mol. The van der Waals surface area contributed by atoms with Crippen molar-refractivity contribution in [3.63, 3.8) is 0 Å². The Labute approximate surface area is 157 Å². The highest BCUT2D eigenvalue weighted by Crippen LogP contribution is 2.31. The van der Waals surface area contributed by atoms with Crippen molar-refractivity contribution in [1.82, 2.24) is 9.29 Å². The van der Waals surface area contributed by atoms with E-state index in [1.807, 2.05) is 0 Å². The zero-order chi connectivity index (χ0) is 18.9. The van der Waals surface area contributed by atoms with E-state index >= 15 is 0 Å². The maximum absolute atomic E-state index is 12.7. The molecule has 5 nitrogen and oxygen atoms in total. The zero-order valence-corrected chi connectivity index (χ0v) is 15.7. The van der Waals surface area contributed by atoms with Gasteiger partial charge in [-0.05, 0) is 36.8 Å². The first-order valence-electron chi connectivity index (χ1n) is 7.62. The van der Waals surface area contributed by atoms with Crippen LogP contribution in [0.2, 0.25) is 0 Å². The summed E-state index contributed by atoms with van der Waals surface area (Å²) in [4.78, 5) is 3.93. The minimum atomic E-state index is -4.49. The van der Waals surface area contributed by atoms with Crippen LogP contribution in [0.4, 0.5) is 13.2 Å². The lowest BCUT2D eigenvalue weighted by atomic mass is 10.2. The highest BCUT2D eigenvalue weighted by Gasteiger charge is 2.35. The molecule has 140 valence electrons. The molecule has 2 aromatic rings. The standard InChI is InChI=1S/C16H14BrF3N2O3S/c17-12-1-3-14(4-2-12)26(23,24)22-8-6-13(10-22)25-15-9-11(5-7-21-15)16(18,19)20/h1-5,7,9,13H,6,8,10H2. The summed E-state index contributed by atoms with van der Waals surface area (Å²) in [6.45, 7) is 0.276. The first kappa shape index (κ1) is 19.1. The molecule has 2 heterocycles. The minimum absolute atomic E-state index is 0.0519. The van der Waals surface area contributed by atoms with E-state index in [2.05, 4.69) is 20.9 Å². The highest BCUT2D eigenvalue weighted by atomic mass is 79.9. The largest absolute Gasteiger partial charge is 0.473 e. The van der Waals surface area contributed by atoms with Gasteiger partial charge in [0.1, 0.15) is 6.10 Å². The molecule has 1 atom stereocenters. The smallest absolute Gasteiger partial charge is 0.416 e. The number of pyridine rings is 1. The van der Waals surface area contributed by atoms with Gasteiger partial charge < -0.3 is 4.74 Å². The fraction of sp³-hybridized carbons (Fsp3) is 0.312. The van der Waals surface area contributed by atoms with Crippen LogP contribution in [-0.4, -0.2) is 36.9 Å². The van der Waals surface area contributed by atoms with Gasteiger partial charge in [0, 0.05) is 23.3 Å². The fourth-order valence-corrected chi connectivity index (χ4v) is 4.34. The van der Waals surface area contributed by atoms with E-state index in [1.165, 1.54) is 16.4 Å². The van der Waals surface area contributed by atoms with Gasteiger partial charge in [0.05, 0.1) is 17.0 Å². The first-order valence-corrected chi connectivity index (χ1v) is 9.85. The van der Waals surface area contributed by atoms with Gasteiger partial charge in [0.25, 0.3) is 0 Å². The number of nitrogens with zero attached hydrogens (tertiary/aromatic N) is 2. The normalized spacial score (nSPS) is 18.8. The third-order valence-corrected chi connectivity index (χ3v) is 6.32. The Bertz CT molecular complexity index is 888. The van der Waals surface area contributed by atoms with Gasteiger partial charge in [0.15, 0.2) is 0 Å². The Kier molecular flexibility index (Phi) is 5.27. The van der Waals surface area contributed by atoms with E-state index in [9.17, 15) is 21.6 Å². The quantitative estimate of drug-likeness (QED) is 0.712. The molecule has 3 rings (SSSR count). The number of hydrogen-bond donors (Lipinski definition) is 0. The van der Waals surface area contributed by atoms with Crippen molar-refractivity contribution in [3.05, 3.63) is 52.6 Å². The Morgan fingerprint density at radius 3 is 2.54 bits per heavy atom. The van der Waals surface area contributed by atoms with Crippen LogP contribution in [0.15, 0.2) is 52.0 Å². The number of alkyl halides is 3. The predicted octanol–water partition coefficient (Wildman–Crippen LogP) is 3.70. The lowest BCUT2D eigenvalue weighted by Gasteiger charge is -2.17. The van der Waals surface area contributed by atoms with Gasteiger partial charge in [-0.15, -0.1) is 0 Å². The molecule has 1 aromatic heterocycles. The van der Waals surface area contributed by atoms with Crippen molar-refractivity contribution in [2.45, 2.75) is 23.6 Å². The van der Waals surface area contributed by atoms with Crippen LogP contribution in [0, 0.1) is 0 Å². The molecular weight excluding hydrogens is 437 g/mol. The topological polar surface area (TPSA) is 59.5 Å². The molecule has 0 N–H and O–H groups in total. The van der Waals surface area contributed by atoms with Crippen molar-refractivity contribution in [1.29, 1.82) is 0 Å². The molecular formula is C16H14BrF3N2O3S. The molecule has 1 aromatic carbocycles. The van der Waals surface area contributed by atoms with E-state index in [1.54, 1.807) is 12.1 Å². The summed E-state index contributed by atoms with van der Waals surface area (Å²) in [5.41, 5.74) is -0.861. The number of aromatic nitrogens is 1. The summed E-state index contributed by atoms with van der Waals surface area (Å²) in [5.74, 6) is -0.173. The van der Waals surface area contributed by atoms with Crippen LogP contribution in [0.3, 0.4) is 0 Å². The molecule has 1 saturated heterocycles. The summed E-state index contributed by atoms with van der Waals surface area (Å²) in [5, 5.41) is 0. The lowest BCUT2D eigenvalue weighted by Crippen LogP contribution is -2.31. The van der Waals surface area contributed by atoms with E-state index in [4.69, 9.17) is 4.74 Å². The van der Waals surface area contributed by atoms with Gasteiger partial charge >= 0.3 is 6.18 Å². The van der Waals surface area contributed by atoms with Crippen molar-refractivity contribution < 1.29 is 26.3 Å². The third-order valence-electron chi connectivity index (χ3n) is 3.91. The Morgan fingerprint density at radius 1 is 1.19 bits per heavy atom. The van der Waals surface area contributed by atoms with E-state index in [0.29, 0.717) is 6.42 Å². The van der Waals surface area contributed by atoms with Gasteiger partial charge in [-0.25, -0.2) is 13.4 Å². The first-order chi connectivity index (χ1) is 12.2. The molecule has 0 amide bonds. The number of rotatable bonds is 4. The molecule has 0 radical (unpaired) electrons. The minimum Gasteiger partial charge on any atom is -0.473 e. The van der Waals surface area contributed by atoms with Crippen LogP contribution in [-0.2, 0) is 16.2 Å². The van der Waals surface area contributed by atoms with Gasteiger partial charge in [-0.1, -0.05) is 15.9 Å². The van der Waals surface area contributed by atoms with Crippen LogP contribution >= 0.6 is 15.9 Å². The lowest BCUT2D eigenvalue weighted by molar-refractivity contribution is -0.137. The number of ether oxygens (including phenoxy) is 1. The molecule has 0 aliphatic carbocycles. The maximum Gasteiger partial charge on any atom is 0.416 e. The molecule has 10 heteroatoms. The van der Waals surface area contributed by atoms with Gasteiger partial charge in [0.2, 0.25) is 15.9 Å². The molecule has 1 unspecified atom stereocenters. The number of halogens is 4. The van der Waals surface area contributed by atoms with E-state index in [0.717, 1.165) is 22.8 Å². The van der Waals surface area contributed by atoms with E-state index in [-0.39, 0.29) is 23.9 Å². The summed E-state index contributed by atoms with van der Waals surface area (Å²) < 4.78 is 70.9. The Balaban J connectivity index is 1.70. The second-order valence-electron chi connectivity index (χ2n) is 5.73. The molecule has 1 fully saturated rings.